The van der Waals surface area contributed by atoms with Gasteiger partial charge in [0.2, 0.25) is 0 Å². The molecule has 1 N–H and O–H groups in total. The fraction of sp³-hybridized carbons (Fsp3) is 0.227. The highest BCUT2D eigenvalue weighted by molar-refractivity contribution is 7.26. The second-order valence-electron chi connectivity index (χ2n) is 15.6. The van der Waals surface area contributed by atoms with Gasteiger partial charge in [-0.2, -0.15) is 0 Å². The maximum absolute atomic E-state index is 3.90. The summed E-state index contributed by atoms with van der Waals surface area (Å²) in [6, 6.07) is 34.5. The fourth-order valence-electron chi connectivity index (χ4n) is 8.77. The summed E-state index contributed by atoms with van der Waals surface area (Å²) in [6.07, 6.45) is 2.41. The maximum atomic E-state index is 3.90. The van der Waals surface area contributed by atoms with Gasteiger partial charge in [0.05, 0.1) is 16.2 Å². The number of aromatic nitrogens is 1. The molecule has 0 fully saturated rings. The Balaban J connectivity index is 1.26. The first-order chi connectivity index (χ1) is 23.6. The van der Waals surface area contributed by atoms with Crippen molar-refractivity contribution in [1.82, 2.24) is 4.98 Å². The average molecular weight is 670 g/mol. The summed E-state index contributed by atoms with van der Waals surface area (Å²) in [7, 11) is 2.48. The molecular weight excluding hydrogens is 631 g/mol. The minimum atomic E-state index is 0.124. The number of fused-ring (bicyclic) bond motifs is 10. The van der Waals surface area contributed by atoms with Crippen LogP contribution in [0.4, 0.5) is 16.4 Å². The average Bonchev–Trinajstić information content (AvgIpc) is 3.75. The lowest BCUT2D eigenvalue weighted by Gasteiger charge is -2.43. The van der Waals surface area contributed by atoms with Crippen LogP contribution in [0, 0.1) is 13.8 Å². The molecule has 1 aliphatic heterocycles. The van der Waals surface area contributed by atoms with Crippen molar-refractivity contribution in [3.63, 3.8) is 0 Å². The lowest BCUT2D eigenvalue weighted by molar-refractivity contribution is 0.332. The van der Waals surface area contributed by atoms with E-state index in [4.69, 9.17) is 0 Å². The van der Waals surface area contributed by atoms with E-state index in [1.54, 1.807) is 0 Å². The van der Waals surface area contributed by atoms with Crippen LogP contribution in [0.1, 0.15) is 62.8 Å². The van der Waals surface area contributed by atoms with Crippen LogP contribution in [0.15, 0.2) is 91.0 Å². The van der Waals surface area contributed by atoms with Crippen molar-refractivity contribution in [2.24, 2.45) is 0 Å². The number of aromatic amines is 1. The molecule has 0 bridgehead atoms. The van der Waals surface area contributed by atoms with E-state index in [1.807, 2.05) is 22.7 Å². The van der Waals surface area contributed by atoms with Crippen LogP contribution in [0.25, 0.3) is 52.4 Å². The van der Waals surface area contributed by atoms with Crippen molar-refractivity contribution in [2.75, 3.05) is 4.90 Å². The summed E-state index contributed by atoms with van der Waals surface area (Å²) in [5.74, 6) is 0. The van der Waals surface area contributed by atoms with Gasteiger partial charge in [-0.05, 0) is 106 Å². The third kappa shape index (κ3) is 4.18. The first kappa shape index (κ1) is 29.6. The number of hydrogen-bond donors (Lipinski definition) is 1. The highest BCUT2D eigenvalue weighted by Crippen LogP contribution is 2.51. The smallest absolute Gasteiger partial charge is 0.199 e. The number of nitrogens with zero attached hydrogens (tertiary/aromatic N) is 1. The monoisotopic (exact) mass is 669 g/mol. The van der Waals surface area contributed by atoms with Crippen molar-refractivity contribution in [2.45, 2.75) is 65.2 Å². The molecule has 0 saturated heterocycles. The minimum absolute atomic E-state index is 0.124. The Morgan fingerprint density at radius 2 is 1.33 bits per heavy atom. The Morgan fingerprint density at radius 3 is 2.10 bits per heavy atom. The molecule has 10 rings (SSSR count). The zero-order chi connectivity index (χ0) is 33.4. The number of H-pyrrole nitrogens is 1. The van der Waals surface area contributed by atoms with Crippen LogP contribution < -0.4 is 15.8 Å². The second kappa shape index (κ2) is 10.1. The topological polar surface area (TPSA) is 19.0 Å². The summed E-state index contributed by atoms with van der Waals surface area (Å²) in [5, 5.41) is 6.60. The first-order valence-corrected chi connectivity index (χ1v) is 19.1. The molecular formula is C44H38BN2S2. The van der Waals surface area contributed by atoms with Gasteiger partial charge in [0.1, 0.15) is 4.83 Å². The van der Waals surface area contributed by atoms with Gasteiger partial charge in [-0.25, -0.2) is 0 Å². The molecule has 49 heavy (non-hydrogen) atoms. The first-order valence-electron chi connectivity index (χ1n) is 17.5. The predicted octanol–water partition coefficient (Wildman–Crippen LogP) is 11.8. The number of anilines is 3. The minimum Gasteiger partial charge on any atom is -0.346 e. The van der Waals surface area contributed by atoms with Crippen molar-refractivity contribution in [3.05, 3.63) is 113 Å². The molecule has 0 unspecified atom stereocenters. The molecule has 239 valence electrons. The van der Waals surface area contributed by atoms with Crippen LogP contribution in [-0.2, 0) is 10.8 Å². The number of hydrogen-bond acceptors (Lipinski definition) is 3. The lowest BCUT2D eigenvalue weighted by Crippen LogP contribution is -2.40. The molecule has 4 heterocycles. The van der Waals surface area contributed by atoms with Crippen LogP contribution in [-0.4, -0.2) is 12.3 Å². The van der Waals surface area contributed by atoms with Gasteiger partial charge in [0, 0.05) is 36.8 Å². The molecule has 5 aromatic carbocycles. The Hall–Kier alpha value is -4.32. The molecule has 0 atom stereocenters. The quantitative estimate of drug-likeness (QED) is 0.182. The Morgan fingerprint density at radius 1 is 0.653 bits per heavy atom. The van der Waals surface area contributed by atoms with Crippen molar-refractivity contribution in [3.8, 4) is 11.1 Å². The van der Waals surface area contributed by atoms with E-state index in [9.17, 15) is 0 Å². The van der Waals surface area contributed by atoms with E-state index in [0.717, 1.165) is 0 Å². The second-order valence-corrected chi connectivity index (χ2v) is 17.7. The summed E-state index contributed by atoms with van der Waals surface area (Å²) in [6.45, 7) is 14.3. The van der Waals surface area contributed by atoms with E-state index < -0.39 is 0 Å². The van der Waals surface area contributed by atoms with Gasteiger partial charge in [-0.1, -0.05) is 94.4 Å². The lowest BCUT2D eigenvalue weighted by atomic mass is 9.58. The largest absolute Gasteiger partial charge is 0.346 e. The van der Waals surface area contributed by atoms with Crippen LogP contribution >= 0.6 is 22.7 Å². The summed E-state index contributed by atoms with van der Waals surface area (Å²) in [5.41, 5.74) is 14.8. The van der Waals surface area contributed by atoms with Gasteiger partial charge in [-0.3, -0.25) is 0 Å². The van der Waals surface area contributed by atoms with Crippen molar-refractivity contribution < 1.29 is 0 Å². The van der Waals surface area contributed by atoms with Crippen LogP contribution in [0.5, 0.6) is 0 Å². The van der Waals surface area contributed by atoms with E-state index in [-0.39, 0.29) is 10.8 Å². The SMILES string of the molecule is Cc1cc(-c2cccc3c2[nH]c2sc4ccccc4c23)c2c(c1)N(c1cc3c(cc1C)C(C)(C)CCC3(C)C)c1sc3ccccc3c1[B]2. The zero-order valence-corrected chi connectivity index (χ0v) is 30.5. The number of nitrogens with one attached hydrogen (secondary N) is 1. The van der Waals surface area contributed by atoms with Gasteiger partial charge >= 0.3 is 0 Å². The van der Waals surface area contributed by atoms with Crippen molar-refractivity contribution in [1.29, 1.82) is 0 Å². The molecule has 1 aliphatic carbocycles. The van der Waals surface area contributed by atoms with Crippen LogP contribution in [0.2, 0.25) is 0 Å². The van der Waals surface area contributed by atoms with Gasteiger partial charge < -0.3 is 9.88 Å². The molecule has 0 spiro atoms. The molecule has 2 aliphatic rings. The zero-order valence-electron chi connectivity index (χ0n) is 28.9. The summed E-state index contributed by atoms with van der Waals surface area (Å²) >= 11 is 3.77. The van der Waals surface area contributed by atoms with Gasteiger partial charge in [0.15, 0.2) is 7.28 Å². The number of rotatable bonds is 2. The summed E-state index contributed by atoms with van der Waals surface area (Å²) in [4.78, 5) is 7.76. The van der Waals surface area contributed by atoms with E-state index >= 15 is 0 Å². The number of benzene rings is 5. The molecule has 2 nitrogen and oxygen atoms in total. The Bertz CT molecular complexity index is 2680. The van der Waals surface area contributed by atoms with E-state index in [1.165, 1.54) is 115 Å². The van der Waals surface area contributed by atoms with E-state index in [0.29, 0.717) is 0 Å². The fourth-order valence-corrected chi connectivity index (χ4v) is 11.1. The molecule has 3 aromatic heterocycles. The molecule has 1 radical (unpaired) electrons. The van der Waals surface area contributed by atoms with E-state index in [2.05, 4.69) is 150 Å². The molecule has 5 heteroatoms. The third-order valence-electron chi connectivity index (χ3n) is 11.5. The standard InChI is InChI=1S/C44H38BN2S2/c1-24-20-30(26-14-11-15-29-37-27-12-7-9-16-35(27)48-41(37)46-40(26)29)38-34(21-24)47(42-39(45-38)28-13-8-10-17-36(28)49-42)33-23-32-31(22-25(33)2)43(3,4)18-19-44(32,5)6/h7-17,20-23,46H,18-19H2,1-6H3. The number of aryl methyl sites for hydroxylation is 2. The molecule has 8 aromatic rings. The predicted molar refractivity (Wildman–Crippen MR) is 216 cm³/mol. The Labute approximate surface area is 296 Å². The van der Waals surface area contributed by atoms with Gasteiger partial charge in [-0.15, -0.1) is 22.7 Å². The van der Waals surface area contributed by atoms with Gasteiger partial charge in [0.25, 0.3) is 0 Å². The normalized spacial score (nSPS) is 16.2. The highest BCUT2D eigenvalue weighted by atomic mass is 32.1. The molecule has 0 saturated carbocycles. The number of para-hydroxylation sites is 1. The number of thiophene rings is 2. The third-order valence-corrected chi connectivity index (χ3v) is 13.8. The highest BCUT2D eigenvalue weighted by Gasteiger charge is 2.39. The van der Waals surface area contributed by atoms with Crippen LogP contribution in [0.3, 0.4) is 0 Å². The summed E-state index contributed by atoms with van der Waals surface area (Å²) < 4.78 is 2.66. The Kier molecular flexibility index (Phi) is 6.11. The maximum Gasteiger partial charge on any atom is 0.199 e. The molecule has 0 amide bonds. The van der Waals surface area contributed by atoms with Crippen molar-refractivity contribution >= 4 is 98.5 Å².